The summed E-state index contributed by atoms with van der Waals surface area (Å²) in [5.74, 6) is -0.0542. The molecule has 1 saturated carbocycles. The lowest BCUT2D eigenvalue weighted by molar-refractivity contribution is -0.138. The predicted octanol–water partition coefficient (Wildman–Crippen LogP) is 0.0502. The molecule has 5 nitrogen and oxygen atoms in total. The fourth-order valence-electron chi connectivity index (χ4n) is 2.15. The van der Waals surface area contributed by atoms with Crippen molar-refractivity contribution in [2.24, 2.45) is 0 Å². The fourth-order valence-corrected chi connectivity index (χ4v) is 2.15. The van der Waals surface area contributed by atoms with Gasteiger partial charge in [-0.15, -0.1) is 0 Å². The van der Waals surface area contributed by atoms with Crippen LogP contribution in [0.5, 0.6) is 0 Å². The molecule has 1 aliphatic carbocycles. The number of carbonyl (C=O) groups is 1. The number of nitrogens with one attached hydrogen (secondary N) is 2. The van der Waals surface area contributed by atoms with Crippen LogP contribution in [0.15, 0.2) is 0 Å². The lowest BCUT2D eigenvalue weighted by Gasteiger charge is -2.41. The minimum atomic E-state index is -0.160. The first kappa shape index (κ1) is 12.8. The SMILES string of the molecule is COC1(CNC(=O)COC2(C)CNC2)CCC1. The van der Waals surface area contributed by atoms with Gasteiger partial charge >= 0.3 is 0 Å². The summed E-state index contributed by atoms with van der Waals surface area (Å²) >= 11 is 0. The van der Waals surface area contributed by atoms with Gasteiger partial charge in [0.25, 0.3) is 0 Å². The molecule has 1 aliphatic heterocycles. The number of amides is 1. The van der Waals surface area contributed by atoms with Crippen molar-refractivity contribution in [2.75, 3.05) is 33.4 Å². The molecule has 0 spiro atoms. The maximum Gasteiger partial charge on any atom is 0.246 e. The van der Waals surface area contributed by atoms with Gasteiger partial charge in [0, 0.05) is 26.7 Å². The highest BCUT2D eigenvalue weighted by molar-refractivity contribution is 5.77. The molecule has 2 rings (SSSR count). The third kappa shape index (κ3) is 2.97. The zero-order valence-corrected chi connectivity index (χ0v) is 10.7. The Balaban J connectivity index is 1.63. The van der Waals surface area contributed by atoms with E-state index in [2.05, 4.69) is 10.6 Å². The smallest absolute Gasteiger partial charge is 0.246 e. The summed E-state index contributed by atoms with van der Waals surface area (Å²) in [6.07, 6.45) is 3.25. The standard InChI is InChI=1S/C12H22N2O3/c1-11(7-13-8-11)17-6-10(15)14-9-12(16-2)4-3-5-12/h13H,3-9H2,1-2H3,(H,14,15). The first-order chi connectivity index (χ1) is 8.08. The van der Waals surface area contributed by atoms with E-state index in [9.17, 15) is 4.79 Å². The summed E-state index contributed by atoms with van der Waals surface area (Å²) in [5, 5.41) is 6.02. The summed E-state index contributed by atoms with van der Waals surface area (Å²) in [5.41, 5.74) is -0.273. The summed E-state index contributed by atoms with van der Waals surface area (Å²) in [6, 6.07) is 0. The molecule has 1 amide bonds. The first-order valence-electron chi connectivity index (χ1n) is 6.24. The molecule has 0 unspecified atom stereocenters. The van der Waals surface area contributed by atoms with Crippen LogP contribution in [0.25, 0.3) is 0 Å². The van der Waals surface area contributed by atoms with Crippen LogP contribution in [0.1, 0.15) is 26.2 Å². The van der Waals surface area contributed by atoms with Crippen molar-refractivity contribution < 1.29 is 14.3 Å². The molecule has 0 aromatic carbocycles. The van der Waals surface area contributed by atoms with Crippen LogP contribution in [0.4, 0.5) is 0 Å². The fraction of sp³-hybridized carbons (Fsp3) is 0.917. The maximum atomic E-state index is 11.6. The van der Waals surface area contributed by atoms with Crippen LogP contribution in [0, 0.1) is 0 Å². The maximum absolute atomic E-state index is 11.6. The quantitative estimate of drug-likeness (QED) is 0.691. The molecule has 0 aromatic rings. The largest absolute Gasteiger partial charge is 0.376 e. The van der Waals surface area contributed by atoms with E-state index in [0.29, 0.717) is 6.54 Å². The van der Waals surface area contributed by atoms with Gasteiger partial charge in [-0.1, -0.05) is 0 Å². The van der Waals surface area contributed by atoms with Crippen LogP contribution in [-0.4, -0.2) is 50.5 Å². The van der Waals surface area contributed by atoms with Gasteiger partial charge in [-0.3, -0.25) is 4.79 Å². The van der Waals surface area contributed by atoms with Crippen LogP contribution in [-0.2, 0) is 14.3 Å². The van der Waals surface area contributed by atoms with Gasteiger partial charge < -0.3 is 20.1 Å². The van der Waals surface area contributed by atoms with Crippen molar-refractivity contribution in [3.8, 4) is 0 Å². The molecule has 17 heavy (non-hydrogen) atoms. The average molecular weight is 242 g/mol. The Labute approximate surface area is 102 Å². The van der Waals surface area contributed by atoms with Crippen molar-refractivity contribution >= 4 is 5.91 Å². The number of methoxy groups -OCH3 is 1. The highest BCUT2D eigenvalue weighted by Gasteiger charge is 2.37. The monoisotopic (exact) mass is 242 g/mol. The Morgan fingerprint density at radius 3 is 2.53 bits per heavy atom. The van der Waals surface area contributed by atoms with E-state index in [1.54, 1.807) is 7.11 Å². The van der Waals surface area contributed by atoms with Crippen LogP contribution >= 0.6 is 0 Å². The lowest BCUT2D eigenvalue weighted by atomic mass is 9.80. The molecule has 2 fully saturated rings. The molecule has 0 aromatic heterocycles. The minimum absolute atomic E-state index is 0.0542. The number of hydrogen-bond donors (Lipinski definition) is 2. The number of ether oxygens (including phenoxy) is 2. The lowest BCUT2D eigenvalue weighted by Crippen LogP contribution is -2.60. The third-order valence-corrected chi connectivity index (χ3v) is 3.86. The minimum Gasteiger partial charge on any atom is -0.376 e. The molecule has 1 saturated heterocycles. The van der Waals surface area contributed by atoms with Crippen LogP contribution in [0.3, 0.4) is 0 Å². The second-order valence-corrected chi connectivity index (χ2v) is 5.36. The highest BCUT2D eigenvalue weighted by atomic mass is 16.5. The molecule has 0 radical (unpaired) electrons. The van der Waals surface area contributed by atoms with E-state index in [-0.39, 0.29) is 23.7 Å². The van der Waals surface area contributed by atoms with Crippen LogP contribution in [0.2, 0.25) is 0 Å². The van der Waals surface area contributed by atoms with E-state index in [1.165, 1.54) is 6.42 Å². The van der Waals surface area contributed by atoms with E-state index in [0.717, 1.165) is 25.9 Å². The highest BCUT2D eigenvalue weighted by Crippen LogP contribution is 2.34. The van der Waals surface area contributed by atoms with Crippen molar-refractivity contribution in [1.82, 2.24) is 10.6 Å². The number of rotatable bonds is 6. The third-order valence-electron chi connectivity index (χ3n) is 3.86. The Hall–Kier alpha value is -0.650. The van der Waals surface area contributed by atoms with Gasteiger partial charge in [0.2, 0.25) is 5.91 Å². The molecular weight excluding hydrogens is 220 g/mol. The van der Waals surface area contributed by atoms with Crippen molar-refractivity contribution in [1.29, 1.82) is 0 Å². The molecule has 2 N–H and O–H groups in total. The normalized spacial score (nSPS) is 24.6. The van der Waals surface area contributed by atoms with Gasteiger partial charge in [0.1, 0.15) is 6.61 Å². The van der Waals surface area contributed by atoms with Gasteiger partial charge in [0.05, 0.1) is 11.2 Å². The van der Waals surface area contributed by atoms with E-state index in [4.69, 9.17) is 9.47 Å². The summed E-state index contributed by atoms with van der Waals surface area (Å²) in [4.78, 5) is 11.6. The number of hydrogen-bond acceptors (Lipinski definition) is 4. The summed E-state index contributed by atoms with van der Waals surface area (Å²) in [7, 11) is 1.71. The molecule has 98 valence electrons. The predicted molar refractivity (Wildman–Crippen MR) is 63.8 cm³/mol. The van der Waals surface area contributed by atoms with Gasteiger partial charge in [-0.05, 0) is 26.2 Å². The van der Waals surface area contributed by atoms with E-state index in [1.807, 2.05) is 6.92 Å². The zero-order chi connectivity index (χ0) is 12.4. The second kappa shape index (κ2) is 4.92. The Morgan fingerprint density at radius 2 is 2.12 bits per heavy atom. The molecular formula is C12H22N2O3. The average Bonchev–Trinajstić information content (AvgIpc) is 2.23. The molecule has 0 atom stereocenters. The molecule has 0 bridgehead atoms. The van der Waals surface area contributed by atoms with Gasteiger partial charge in [-0.2, -0.15) is 0 Å². The van der Waals surface area contributed by atoms with Crippen LogP contribution < -0.4 is 10.6 Å². The number of carbonyl (C=O) groups excluding carboxylic acids is 1. The second-order valence-electron chi connectivity index (χ2n) is 5.36. The molecule has 5 heteroatoms. The molecule has 1 heterocycles. The Kier molecular flexibility index (Phi) is 3.70. The van der Waals surface area contributed by atoms with E-state index >= 15 is 0 Å². The first-order valence-corrected chi connectivity index (χ1v) is 6.24. The Morgan fingerprint density at radius 1 is 1.41 bits per heavy atom. The van der Waals surface area contributed by atoms with Gasteiger partial charge in [0.15, 0.2) is 0 Å². The zero-order valence-electron chi connectivity index (χ0n) is 10.7. The summed E-state index contributed by atoms with van der Waals surface area (Å²) in [6.45, 7) is 4.39. The Bertz CT molecular complexity index is 280. The van der Waals surface area contributed by atoms with Crippen molar-refractivity contribution in [2.45, 2.75) is 37.4 Å². The summed E-state index contributed by atoms with van der Waals surface area (Å²) < 4.78 is 11.0. The topological polar surface area (TPSA) is 59.6 Å². The molecule has 2 aliphatic rings. The van der Waals surface area contributed by atoms with Gasteiger partial charge in [-0.25, -0.2) is 0 Å². The van der Waals surface area contributed by atoms with Crippen molar-refractivity contribution in [3.63, 3.8) is 0 Å². The van der Waals surface area contributed by atoms with Crippen molar-refractivity contribution in [3.05, 3.63) is 0 Å². The van der Waals surface area contributed by atoms with E-state index < -0.39 is 0 Å².